The van der Waals surface area contributed by atoms with Gasteiger partial charge in [0, 0.05) is 23.2 Å². The van der Waals surface area contributed by atoms with Crippen molar-refractivity contribution in [1.29, 1.82) is 0 Å². The quantitative estimate of drug-likeness (QED) is 0.501. The van der Waals surface area contributed by atoms with E-state index in [0.717, 1.165) is 28.2 Å². The van der Waals surface area contributed by atoms with Gasteiger partial charge in [-0.15, -0.1) is 11.3 Å². The topological polar surface area (TPSA) is 76.8 Å². The van der Waals surface area contributed by atoms with Crippen molar-refractivity contribution >= 4 is 44.6 Å². The minimum absolute atomic E-state index is 0.193. The molecule has 0 radical (unpaired) electrons. The maximum atomic E-state index is 13.1. The number of nitrogens with one attached hydrogen (secondary N) is 2. The van der Waals surface area contributed by atoms with Crippen LogP contribution in [0.1, 0.15) is 11.8 Å². The molecule has 0 amide bonds. The van der Waals surface area contributed by atoms with Crippen LogP contribution in [0.5, 0.6) is 0 Å². The van der Waals surface area contributed by atoms with Crippen molar-refractivity contribution in [3.05, 3.63) is 64.3 Å². The molecule has 0 unspecified atom stereocenters. The van der Waals surface area contributed by atoms with E-state index in [1.807, 2.05) is 50.4 Å². The Morgan fingerprint density at radius 1 is 1.29 bits per heavy atom. The second-order valence-electron chi connectivity index (χ2n) is 6.15. The summed E-state index contributed by atoms with van der Waals surface area (Å²) in [7, 11) is 0. The zero-order valence-electron chi connectivity index (χ0n) is 15.3. The zero-order chi connectivity index (χ0) is 19.7. The first-order chi connectivity index (χ1) is 13.6. The molecule has 0 spiro atoms. The maximum absolute atomic E-state index is 13.1. The van der Waals surface area contributed by atoms with Gasteiger partial charge in [-0.2, -0.15) is 5.10 Å². The van der Waals surface area contributed by atoms with E-state index >= 15 is 0 Å². The van der Waals surface area contributed by atoms with Gasteiger partial charge in [-0.25, -0.2) is 9.66 Å². The van der Waals surface area contributed by atoms with Crippen molar-refractivity contribution in [3.8, 4) is 11.1 Å². The fourth-order valence-electron chi connectivity index (χ4n) is 3.00. The predicted octanol–water partition coefficient (Wildman–Crippen LogP) is 3.59. The molecule has 3 aromatic heterocycles. The highest BCUT2D eigenvalue weighted by Gasteiger charge is 2.17. The first kappa shape index (κ1) is 18.3. The Labute approximate surface area is 170 Å². The normalized spacial score (nSPS) is 10.9. The van der Waals surface area contributed by atoms with Crippen molar-refractivity contribution in [2.75, 3.05) is 10.7 Å². The van der Waals surface area contributed by atoms with Crippen LogP contribution in [-0.2, 0) is 6.54 Å². The summed E-state index contributed by atoms with van der Waals surface area (Å²) in [4.78, 5) is 19.3. The number of aryl methyl sites for hydroxylation is 2. The Morgan fingerprint density at radius 3 is 2.79 bits per heavy atom. The van der Waals surface area contributed by atoms with Crippen LogP contribution in [0.3, 0.4) is 0 Å². The van der Waals surface area contributed by atoms with Crippen LogP contribution in [0.15, 0.2) is 53.8 Å². The SMILES string of the molecule is CCn1cc(NC(=S)Nn2cnc3sc(C)c(-c4ccccc4)c3c2=O)cn1. The van der Waals surface area contributed by atoms with E-state index in [2.05, 4.69) is 20.8 Å². The Hall–Kier alpha value is -3.04. The van der Waals surface area contributed by atoms with Gasteiger partial charge in [0.2, 0.25) is 0 Å². The number of rotatable bonds is 4. The summed E-state index contributed by atoms with van der Waals surface area (Å²) in [6.45, 7) is 4.77. The van der Waals surface area contributed by atoms with Crippen LogP contribution >= 0.6 is 23.6 Å². The fraction of sp³-hybridized carbons (Fsp3) is 0.158. The van der Waals surface area contributed by atoms with E-state index in [0.29, 0.717) is 10.2 Å². The highest BCUT2D eigenvalue weighted by Crippen LogP contribution is 2.35. The zero-order valence-corrected chi connectivity index (χ0v) is 17.0. The number of benzene rings is 1. The lowest BCUT2D eigenvalue weighted by atomic mass is 10.0. The van der Waals surface area contributed by atoms with E-state index < -0.39 is 0 Å². The summed E-state index contributed by atoms with van der Waals surface area (Å²) in [5.41, 5.74) is 5.36. The molecule has 0 saturated carbocycles. The molecule has 9 heteroatoms. The first-order valence-corrected chi connectivity index (χ1v) is 9.96. The number of fused-ring (bicyclic) bond motifs is 1. The van der Waals surface area contributed by atoms with E-state index in [1.54, 1.807) is 10.9 Å². The lowest BCUT2D eigenvalue weighted by Crippen LogP contribution is -2.35. The molecule has 0 bridgehead atoms. The van der Waals surface area contributed by atoms with Crippen LogP contribution < -0.4 is 16.3 Å². The Balaban J connectivity index is 1.68. The molecule has 3 heterocycles. The lowest BCUT2D eigenvalue weighted by molar-refractivity contribution is 0.660. The van der Waals surface area contributed by atoms with Crippen molar-refractivity contribution in [1.82, 2.24) is 19.4 Å². The predicted molar refractivity (Wildman–Crippen MR) is 118 cm³/mol. The Morgan fingerprint density at radius 2 is 2.07 bits per heavy atom. The number of nitrogens with zero attached hydrogens (tertiary/aromatic N) is 4. The van der Waals surface area contributed by atoms with Crippen molar-refractivity contribution in [3.63, 3.8) is 0 Å². The monoisotopic (exact) mass is 410 g/mol. The fourth-order valence-corrected chi connectivity index (χ4v) is 4.22. The lowest BCUT2D eigenvalue weighted by Gasteiger charge is -2.11. The summed E-state index contributed by atoms with van der Waals surface area (Å²) < 4.78 is 3.09. The van der Waals surface area contributed by atoms with Crippen LogP contribution in [0, 0.1) is 6.92 Å². The van der Waals surface area contributed by atoms with Crippen molar-refractivity contribution < 1.29 is 0 Å². The Bertz CT molecular complexity index is 1210. The summed E-state index contributed by atoms with van der Waals surface area (Å²) >= 11 is 6.84. The van der Waals surface area contributed by atoms with Gasteiger partial charge in [-0.1, -0.05) is 30.3 Å². The summed E-state index contributed by atoms with van der Waals surface area (Å²) in [6, 6.07) is 9.87. The molecular formula is C19H18N6OS2. The van der Waals surface area contributed by atoms with Crippen LogP contribution in [0.4, 0.5) is 5.69 Å². The molecule has 4 rings (SSSR count). The molecule has 142 valence electrons. The second kappa shape index (κ2) is 7.53. The summed E-state index contributed by atoms with van der Waals surface area (Å²) in [5, 5.41) is 8.09. The third-order valence-electron chi connectivity index (χ3n) is 4.29. The highest BCUT2D eigenvalue weighted by molar-refractivity contribution is 7.80. The van der Waals surface area contributed by atoms with Crippen LogP contribution in [0.2, 0.25) is 0 Å². The number of hydrogen-bond acceptors (Lipinski definition) is 5. The van der Waals surface area contributed by atoms with Crippen molar-refractivity contribution in [2.24, 2.45) is 0 Å². The minimum atomic E-state index is -0.193. The average Bonchev–Trinajstić information content (AvgIpc) is 3.28. The molecule has 1 aromatic carbocycles. The first-order valence-electron chi connectivity index (χ1n) is 8.73. The van der Waals surface area contributed by atoms with E-state index in [4.69, 9.17) is 12.2 Å². The molecule has 0 aliphatic rings. The molecule has 0 fully saturated rings. The van der Waals surface area contributed by atoms with E-state index in [-0.39, 0.29) is 10.7 Å². The van der Waals surface area contributed by atoms with E-state index in [1.165, 1.54) is 22.3 Å². The van der Waals surface area contributed by atoms with Crippen LogP contribution in [0.25, 0.3) is 21.3 Å². The molecule has 0 saturated heterocycles. The Kier molecular flexibility index (Phi) is 4.93. The smallest absolute Gasteiger partial charge is 0.281 e. The number of thiophene rings is 1. The standard InChI is InChI=1S/C19H18N6OS2/c1-3-24-10-14(9-21-24)22-19(27)23-25-11-20-17-16(18(25)26)15(12(2)28-17)13-7-5-4-6-8-13/h4-11H,3H2,1-2H3,(H2,22,23,27). The summed E-state index contributed by atoms with van der Waals surface area (Å²) in [6.07, 6.45) is 4.98. The van der Waals surface area contributed by atoms with Gasteiger partial charge in [-0.05, 0) is 31.6 Å². The van der Waals surface area contributed by atoms with Crippen LogP contribution in [-0.4, -0.2) is 24.6 Å². The number of aromatic nitrogens is 4. The van der Waals surface area contributed by atoms with Gasteiger partial charge in [0.05, 0.1) is 17.3 Å². The molecule has 0 aliphatic carbocycles. The van der Waals surface area contributed by atoms with Gasteiger partial charge in [0.15, 0.2) is 5.11 Å². The van der Waals surface area contributed by atoms with Gasteiger partial charge < -0.3 is 5.32 Å². The van der Waals surface area contributed by atoms with Gasteiger partial charge in [-0.3, -0.25) is 14.9 Å². The van der Waals surface area contributed by atoms with Gasteiger partial charge in [0.25, 0.3) is 5.56 Å². The maximum Gasteiger partial charge on any atom is 0.281 e. The molecule has 4 aromatic rings. The van der Waals surface area contributed by atoms with Gasteiger partial charge in [0.1, 0.15) is 11.2 Å². The molecule has 7 nitrogen and oxygen atoms in total. The van der Waals surface area contributed by atoms with Gasteiger partial charge >= 0.3 is 0 Å². The van der Waals surface area contributed by atoms with Crippen molar-refractivity contribution in [2.45, 2.75) is 20.4 Å². The third kappa shape index (κ3) is 3.41. The molecule has 0 atom stereocenters. The molecule has 0 aliphatic heterocycles. The number of anilines is 1. The number of hydrogen-bond donors (Lipinski definition) is 2. The average molecular weight is 411 g/mol. The minimum Gasteiger partial charge on any atom is -0.329 e. The molecule has 28 heavy (non-hydrogen) atoms. The third-order valence-corrected chi connectivity index (χ3v) is 5.49. The summed E-state index contributed by atoms with van der Waals surface area (Å²) in [5.74, 6) is 0. The molecule has 2 N–H and O–H groups in total. The van der Waals surface area contributed by atoms with E-state index in [9.17, 15) is 4.79 Å². The number of thiocarbonyl (C=S) groups is 1. The largest absolute Gasteiger partial charge is 0.329 e. The second-order valence-corrected chi connectivity index (χ2v) is 7.76. The highest BCUT2D eigenvalue weighted by atomic mass is 32.1. The molecular weight excluding hydrogens is 392 g/mol.